The molecule has 1 saturated carbocycles. The molecule has 1 N–H and O–H groups in total. The Kier molecular flexibility index (Phi) is 7.28. The van der Waals surface area contributed by atoms with E-state index in [-0.39, 0.29) is 5.91 Å². The molecule has 0 aromatic heterocycles. The zero-order valence-corrected chi connectivity index (χ0v) is 16.2. The molecule has 0 heterocycles. The van der Waals surface area contributed by atoms with E-state index in [9.17, 15) is 4.79 Å². The molecule has 27 heavy (non-hydrogen) atoms. The van der Waals surface area contributed by atoms with Crippen molar-refractivity contribution in [1.82, 2.24) is 10.2 Å². The molecule has 1 aliphatic carbocycles. The maximum Gasteiger partial charge on any atom is 0.220 e. The average molecular weight is 367 g/mol. The number of nitrogens with one attached hydrogen (secondary N) is 1. The lowest BCUT2D eigenvalue weighted by Gasteiger charge is -2.22. The van der Waals surface area contributed by atoms with E-state index in [0.29, 0.717) is 19.7 Å². The molecule has 1 aliphatic rings. The third-order valence-corrected chi connectivity index (χ3v) is 4.90. The largest absolute Gasteiger partial charge is 0.489 e. The first kappa shape index (κ1) is 19.4. The Bertz CT molecular complexity index is 713. The fraction of sp³-hybridized carbons (Fsp3) is 0.435. The second-order valence-electron chi connectivity index (χ2n) is 7.30. The predicted octanol–water partition coefficient (Wildman–Crippen LogP) is 4.00. The number of benzene rings is 2. The Hall–Kier alpha value is -2.33. The smallest absolute Gasteiger partial charge is 0.220 e. The maximum absolute atomic E-state index is 11.6. The number of carbonyl (C=O) groups excluding carboxylic acids is 1. The van der Waals surface area contributed by atoms with E-state index in [1.54, 1.807) is 0 Å². The zero-order valence-electron chi connectivity index (χ0n) is 16.2. The van der Waals surface area contributed by atoms with Gasteiger partial charge < -0.3 is 10.1 Å². The Morgan fingerprint density at radius 3 is 2.63 bits per heavy atom. The van der Waals surface area contributed by atoms with Gasteiger partial charge in [0.2, 0.25) is 5.91 Å². The molecule has 1 fully saturated rings. The van der Waals surface area contributed by atoms with Crippen LogP contribution in [0.25, 0.3) is 0 Å². The number of nitrogens with zero attached hydrogens (tertiary/aromatic N) is 1. The van der Waals surface area contributed by atoms with Crippen molar-refractivity contribution in [2.45, 2.75) is 39.2 Å². The molecular weight excluding hydrogens is 336 g/mol. The van der Waals surface area contributed by atoms with Crippen LogP contribution in [-0.4, -0.2) is 30.6 Å². The van der Waals surface area contributed by atoms with Crippen LogP contribution in [0.3, 0.4) is 0 Å². The van der Waals surface area contributed by atoms with Crippen LogP contribution >= 0.6 is 0 Å². The van der Waals surface area contributed by atoms with E-state index in [1.165, 1.54) is 24.0 Å². The van der Waals surface area contributed by atoms with Gasteiger partial charge >= 0.3 is 0 Å². The molecule has 0 unspecified atom stereocenters. The SMILES string of the molecule is CCC(=O)NCN(CCc1cccc(OCc2ccccc2)c1)CC1CC1. The van der Waals surface area contributed by atoms with Crippen LogP contribution in [0.2, 0.25) is 0 Å². The van der Waals surface area contributed by atoms with Crippen LogP contribution in [0.5, 0.6) is 5.75 Å². The summed E-state index contributed by atoms with van der Waals surface area (Å²) in [5.74, 6) is 1.83. The summed E-state index contributed by atoms with van der Waals surface area (Å²) in [6.07, 6.45) is 4.14. The quantitative estimate of drug-likeness (QED) is 0.611. The number of rotatable bonds is 11. The highest BCUT2D eigenvalue weighted by molar-refractivity contribution is 5.75. The summed E-state index contributed by atoms with van der Waals surface area (Å²) < 4.78 is 5.94. The molecule has 0 radical (unpaired) electrons. The predicted molar refractivity (Wildman–Crippen MR) is 109 cm³/mol. The van der Waals surface area contributed by atoms with Gasteiger partial charge in [0, 0.05) is 19.5 Å². The Labute approximate surface area is 162 Å². The Balaban J connectivity index is 1.50. The van der Waals surface area contributed by atoms with Crippen molar-refractivity contribution in [3.05, 3.63) is 65.7 Å². The molecule has 144 valence electrons. The highest BCUT2D eigenvalue weighted by atomic mass is 16.5. The lowest BCUT2D eigenvalue weighted by molar-refractivity contribution is -0.121. The summed E-state index contributed by atoms with van der Waals surface area (Å²) in [7, 11) is 0. The van der Waals surface area contributed by atoms with Gasteiger partial charge in [0.1, 0.15) is 12.4 Å². The molecule has 0 atom stereocenters. The number of hydrogen-bond acceptors (Lipinski definition) is 3. The third kappa shape index (κ3) is 7.06. The normalized spacial score (nSPS) is 13.6. The van der Waals surface area contributed by atoms with E-state index in [1.807, 2.05) is 31.2 Å². The fourth-order valence-electron chi connectivity index (χ4n) is 3.04. The molecule has 0 saturated heterocycles. The highest BCUT2D eigenvalue weighted by Gasteiger charge is 2.24. The zero-order chi connectivity index (χ0) is 18.9. The van der Waals surface area contributed by atoms with E-state index in [0.717, 1.165) is 31.2 Å². The Morgan fingerprint density at radius 2 is 1.89 bits per heavy atom. The minimum atomic E-state index is 0.118. The van der Waals surface area contributed by atoms with Crippen molar-refractivity contribution in [1.29, 1.82) is 0 Å². The van der Waals surface area contributed by atoms with E-state index in [4.69, 9.17) is 4.74 Å². The molecule has 0 aliphatic heterocycles. The van der Waals surface area contributed by atoms with Gasteiger partial charge in [-0.05, 0) is 48.4 Å². The van der Waals surface area contributed by atoms with Gasteiger partial charge in [0.15, 0.2) is 0 Å². The maximum atomic E-state index is 11.6. The number of ether oxygens (including phenoxy) is 1. The molecule has 1 amide bonds. The summed E-state index contributed by atoms with van der Waals surface area (Å²) in [5.41, 5.74) is 2.44. The molecule has 0 spiro atoms. The minimum absolute atomic E-state index is 0.118. The summed E-state index contributed by atoms with van der Waals surface area (Å²) >= 11 is 0. The van der Waals surface area contributed by atoms with Crippen LogP contribution in [-0.2, 0) is 17.8 Å². The van der Waals surface area contributed by atoms with Crippen LogP contribution in [0.1, 0.15) is 37.3 Å². The van der Waals surface area contributed by atoms with Gasteiger partial charge in [-0.2, -0.15) is 0 Å². The molecule has 2 aromatic carbocycles. The number of carbonyl (C=O) groups is 1. The minimum Gasteiger partial charge on any atom is -0.489 e. The van der Waals surface area contributed by atoms with Gasteiger partial charge in [0.05, 0.1) is 6.67 Å². The van der Waals surface area contributed by atoms with Crippen LogP contribution in [0, 0.1) is 5.92 Å². The molecule has 0 bridgehead atoms. The Morgan fingerprint density at radius 1 is 1.11 bits per heavy atom. The van der Waals surface area contributed by atoms with Gasteiger partial charge in [-0.15, -0.1) is 0 Å². The number of amides is 1. The summed E-state index contributed by atoms with van der Waals surface area (Å²) in [6.45, 7) is 5.15. The molecule has 4 heteroatoms. The van der Waals surface area contributed by atoms with Gasteiger partial charge in [-0.3, -0.25) is 9.69 Å². The molecule has 2 aromatic rings. The summed E-state index contributed by atoms with van der Waals surface area (Å²) in [4.78, 5) is 13.9. The van der Waals surface area contributed by atoms with Crippen molar-refractivity contribution in [2.75, 3.05) is 19.8 Å². The summed E-state index contributed by atoms with van der Waals surface area (Å²) in [5, 5.41) is 3.01. The molecular formula is C23H30N2O2. The first-order valence-corrected chi connectivity index (χ1v) is 9.97. The van der Waals surface area contributed by atoms with Crippen LogP contribution < -0.4 is 10.1 Å². The van der Waals surface area contributed by atoms with Crippen molar-refractivity contribution < 1.29 is 9.53 Å². The first-order valence-electron chi connectivity index (χ1n) is 9.97. The van der Waals surface area contributed by atoms with Gasteiger partial charge in [-0.25, -0.2) is 0 Å². The third-order valence-electron chi connectivity index (χ3n) is 4.90. The van der Waals surface area contributed by atoms with Gasteiger partial charge in [0.25, 0.3) is 0 Å². The van der Waals surface area contributed by atoms with Gasteiger partial charge in [-0.1, -0.05) is 49.4 Å². The standard InChI is InChI=1S/C23H30N2O2/c1-2-23(26)24-18-25(16-20-11-12-20)14-13-19-9-6-10-22(15-19)27-17-21-7-4-3-5-8-21/h3-10,15,20H,2,11-14,16-18H2,1H3,(H,24,26). The van der Waals surface area contributed by atoms with E-state index >= 15 is 0 Å². The highest BCUT2D eigenvalue weighted by Crippen LogP contribution is 2.29. The van der Waals surface area contributed by atoms with Crippen molar-refractivity contribution in [3.8, 4) is 5.75 Å². The van der Waals surface area contributed by atoms with Crippen LogP contribution in [0.4, 0.5) is 0 Å². The lowest BCUT2D eigenvalue weighted by Crippen LogP contribution is -2.39. The van der Waals surface area contributed by atoms with E-state index in [2.05, 4.69) is 40.5 Å². The van der Waals surface area contributed by atoms with Crippen LogP contribution in [0.15, 0.2) is 54.6 Å². The average Bonchev–Trinajstić information content (AvgIpc) is 3.53. The van der Waals surface area contributed by atoms with Crippen molar-refractivity contribution in [3.63, 3.8) is 0 Å². The molecule has 4 nitrogen and oxygen atoms in total. The lowest BCUT2D eigenvalue weighted by atomic mass is 10.1. The number of hydrogen-bond donors (Lipinski definition) is 1. The van der Waals surface area contributed by atoms with Crippen molar-refractivity contribution >= 4 is 5.91 Å². The molecule has 3 rings (SSSR count). The first-order chi connectivity index (χ1) is 13.2. The second kappa shape index (κ2) is 10.1. The second-order valence-corrected chi connectivity index (χ2v) is 7.30. The monoisotopic (exact) mass is 366 g/mol. The topological polar surface area (TPSA) is 41.6 Å². The summed E-state index contributed by atoms with van der Waals surface area (Å²) in [6, 6.07) is 18.6. The van der Waals surface area contributed by atoms with Crippen molar-refractivity contribution in [2.24, 2.45) is 5.92 Å². The van der Waals surface area contributed by atoms with E-state index < -0.39 is 0 Å². The fourth-order valence-corrected chi connectivity index (χ4v) is 3.04.